The van der Waals surface area contributed by atoms with E-state index in [1.807, 2.05) is 25.4 Å². The van der Waals surface area contributed by atoms with Crippen molar-refractivity contribution >= 4 is 28.6 Å². The Balaban J connectivity index is 1.84. The van der Waals surface area contributed by atoms with E-state index in [1.54, 1.807) is 6.07 Å². The molecule has 2 aliphatic heterocycles. The Morgan fingerprint density at radius 1 is 1.40 bits per heavy atom. The van der Waals surface area contributed by atoms with Crippen LogP contribution in [0.25, 0.3) is 0 Å². The predicted molar refractivity (Wildman–Crippen MR) is 105 cm³/mol. The smallest absolute Gasteiger partial charge is 0.125 e. The third kappa shape index (κ3) is 4.19. The number of halogens is 1. The highest BCUT2D eigenvalue weighted by atomic mass is 32.1. The molecule has 0 aliphatic carbocycles. The molecule has 0 amide bonds. The average molecular weight is 361 g/mol. The van der Waals surface area contributed by atoms with Crippen molar-refractivity contribution in [3.8, 4) is 0 Å². The van der Waals surface area contributed by atoms with Crippen LogP contribution in [0.1, 0.15) is 19.3 Å². The number of hydrogen-bond donors (Lipinski definition) is 2. The zero-order valence-corrected chi connectivity index (χ0v) is 15.2. The summed E-state index contributed by atoms with van der Waals surface area (Å²) in [5, 5.41) is 12.9. The summed E-state index contributed by atoms with van der Waals surface area (Å²) in [6.07, 6.45) is 9.09. The molecule has 1 aromatic carbocycles. The Labute approximate surface area is 153 Å². The molecule has 2 N–H and O–H groups in total. The van der Waals surface area contributed by atoms with E-state index in [1.165, 1.54) is 12.1 Å². The summed E-state index contributed by atoms with van der Waals surface area (Å²) in [5.41, 5.74) is 2.47. The number of nitrogens with zero attached hydrogens (tertiary/aromatic N) is 2. The molecule has 134 valence electrons. The summed E-state index contributed by atoms with van der Waals surface area (Å²) in [6.45, 7) is 1.75. The minimum absolute atomic E-state index is 0.0655. The van der Waals surface area contributed by atoms with Gasteiger partial charge >= 0.3 is 0 Å². The van der Waals surface area contributed by atoms with Crippen LogP contribution in [0.4, 0.5) is 15.8 Å². The van der Waals surface area contributed by atoms with Gasteiger partial charge in [-0.3, -0.25) is 0 Å². The maximum absolute atomic E-state index is 13.9. The third-order valence-corrected chi connectivity index (χ3v) is 5.06. The van der Waals surface area contributed by atoms with E-state index in [9.17, 15) is 9.50 Å². The lowest BCUT2D eigenvalue weighted by molar-refractivity contribution is 0.240. The summed E-state index contributed by atoms with van der Waals surface area (Å²) in [7, 11) is 2.00. The number of piperidine rings is 1. The quantitative estimate of drug-likeness (QED) is 0.805. The van der Waals surface area contributed by atoms with Crippen LogP contribution in [0.2, 0.25) is 0 Å². The van der Waals surface area contributed by atoms with Crippen LogP contribution in [-0.2, 0) is 0 Å². The SMILES string of the molecule is CN1C=CC(C(=S)Nc2cc(F)ccc2N2CCCCC2CO)=CC1. The number of nitrogens with one attached hydrogen (secondary N) is 1. The number of aliphatic hydroxyl groups excluding tert-OH is 1. The highest BCUT2D eigenvalue weighted by molar-refractivity contribution is 7.81. The van der Waals surface area contributed by atoms with Crippen molar-refractivity contribution < 1.29 is 9.50 Å². The van der Waals surface area contributed by atoms with E-state index in [4.69, 9.17) is 12.2 Å². The average Bonchev–Trinajstić information content (AvgIpc) is 2.62. The van der Waals surface area contributed by atoms with Crippen molar-refractivity contribution in [2.24, 2.45) is 0 Å². The highest BCUT2D eigenvalue weighted by Gasteiger charge is 2.24. The molecule has 6 heteroatoms. The van der Waals surface area contributed by atoms with Gasteiger partial charge in [0.1, 0.15) is 10.8 Å². The minimum atomic E-state index is -0.306. The lowest BCUT2D eigenvalue weighted by Crippen LogP contribution is -2.42. The first-order chi connectivity index (χ1) is 12.1. The van der Waals surface area contributed by atoms with Crippen LogP contribution >= 0.6 is 12.2 Å². The standard InChI is InChI=1S/C19H24FN3OS/c1-22-10-7-14(8-11-22)19(25)21-17-12-15(20)5-6-18(17)23-9-3-2-4-16(23)13-24/h5-8,10,12,16,24H,2-4,9,11,13H2,1H3,(H,21,25). The Kier molecular flexibility index (Phi) is 5.71. The molecular formula is C19H24FN3OS. The number of benzene rings is 1. The zero-order valence-electron chi connectivity index (χ0n) is 14.4. The van der Waals surface area contributed by atoms with Crippen molar-refractivity contribution in [1.82, 2.24) is 4.90 Å². The lowest BCUT2D eigenvalue weighted by Gasteiger charge is -2.37. The normalized spacial score (nSPS) is 20.4. The first-order valence-corrected chi connectivity index (χ1v) is 9.06. The van der Waals surface area contributed by atoms with Crippen LogP contribution in [0.5, 0.6) is 0 Å². The van der Waals surface area contributed by atoms with Gasteiger partial charge in [0, 0.05) is 25.7 Å². The van der Waals surface area contributed by atoms with Crippen LogP contribution in [0.15, 0.2) is 42.1 Å². The molecule has 4 nitrogen and oxygen atoms in total. The van der Waals surface area contributed by atoms with Gasteiger partial charge in [-0.15, -0.1) is 0 Å². The topological polar surface area (TPSA) is 38.7 Å². The molecule has 0 spiro atoms. The van der Waals surface area contributed by atoms with Gasteiger partial charge in [-0.2, -0.15) is 0 Å². The first-order valence-electron chi connectivity index (χ1n) is 8.65. The molecule has 2 aliphatic rings. The van der Waals surface area contributed by atoms with Crippen LogP contribution in [-0.4, -0.2) is 47.8 Å². The maximum atomic E-state index is 13.9. The largest absolute Gasteiger partial charge is 0.394 e. The fraction of sp³-hybridized carbons (Fsp3) is 0.421. The van der Waals surface area contributed by atoms with Crippen LogP contribution in [0, 0.1) is 5.82 Å². The van der Waals surface area contributed by atoms with E-state index < -0.39 is 0 Å². The van der Waals surface area contributed by atoms with Crippen molar-refractivity contribution in [1.29, 1.82) is 0 Å². The fourth-order valence-corrected chi connectivity index (χ4v) is 3.57. The second-order valence-corrected chi connectivity index (χ2v) is 6.96. The number of hydrogen-bond acceptors (Lipinski definition) is 4. The molecule has 1 unspecified atom stereocenters. The Morgan fingerprint density at radius 2 is 2.24 bits per heavy atom. The summed E-state index contributed by atoms with van der Waals surface area (Å²) >= 11 is 5.52. The molecule has 1 saturated heterocycles. The molecular weight excluding hydrogens is 337 g/mol. The Hall–Kier alpha value is -1.92. The van der Waals surface area contributed by atoms with Crippen LogP contribution < -0.4 is 10.2 Å². The van der Waals surface area contributed by atoms with Crippen LogP contribution in [0.3, 0.4) is 0 Å². The summed E-state index contributed by atoms with van der Waals surface area (Å²) in [6, 6.07) is 4.77. The van der Waals surface area contributed by atoms with E-state index in [-0.39, 0.29) is 18.5 Å². The molecule has 1 atom stereocenters. The number of rotatable bonds is 4. The van der Waals surface area contributed by atoms with Gasteiger partial charge in [-0.1, -0.05) is 18.3 Å². The van der Waals surface area contributed by atoms with Gasteiger partial charge in [-0.05, 0) is 49.7 Å². The van der Waals surface area contributed by atoms with Gasteiger partial charge in [0.25, 0.3) is 0 Å². The van der Waals surface area contributed by atoms with Gasteiger partial charge < -0.3 is 20.2 Å². The maximum Gasteiger partial charge on any atom is 0.125 e. The van der Waals surface area contributed by atoms with Gasteiger partial charge in [0.05, 0.1) is 24.0 Å². The fourth-order valence-electron chi connectivity index (χ4n) is 3.31. The highest BCUT2D eigenvalue weighted by Crippen LogP contribution is 2.32. The molecule has 0 radical (unpaired) electrons. The lowest BCUT2D eigenvalue weighted by atomic mass is 10.0. The molecule has 2 heterocycles. The van der Waals surface area contributed by atoms with Gasteiger partial charge in [-0.25, -0.2) is 4.39 Å². The van der Waals surface area contributed by atoms with Gasteiger partial charge in [0.15, 0.2) is 0 Å². The third-order valence-electron chi connectivity index (χ3n) is 4.72. The molecule has 0 bridgehead atoms. The summed E-state index contributed by atoms with van der Waals surface area (Å²) in [5.74, 6) is -0.306. The summed E-state index contributed by atoms with van der Waals surface area (Å²) in [4.78, 5) is 4.79. The monoisotopic (exact) mass is 361 g/mol. The minimum Gasteiger partial charge on any atom is -0.394 e. The van der Waals surface area contributed by atoms with Crippen molar-refractivity contribution in [3.63, 3.8) is 0 Å². The molecule has 0 aromatic heterocycles. The molecule has 25 heavy (non-hydrogen) atoms. The van der Waals surface area contributed by atoms with E-state index in [0.717, 1.165) is 43.6 Å². The predicted octanol–water partition coefficient (Wildman–Crippen LogP) is 3.30. The molecule has 1 aromatic rings. The van der Waals surface area contributed by atoms with Crippen molar-refractivity contribution in [3.05, 3.63) is 47.9 Å². The molecule has 1 fully saturated rings. The number of thiocarbonyl (C=S) groups is 1. The number of aliphatic hydroxyl groups is 1. The van der Waals surface area contributed by atoms with Gasteiger partial charge in [0.2, 0.25) is 0 Å². The second-order valence-electron chi connectivity index (χ2n) is 6.56. The van der Waals surface area contributed by atoms with E-state index in [0.29, 0.717) is 10.7 Å². The summed E-state index contributed by atoms with van der Waals surface area (Å²) < 4.78 is 13.9. The van der Waals surface area contributed by atoms with Crippen molar-refractivity contribution in [2.75, 3.05) is 37.0 Å². The van der Waals surface area contributed by atoms with E-state index in [2.05, 4.69) is 15.1 Å². The molecule has 3 rings (SSSR count). The second kappa shape index (κ2) is 7.97. The zero-order chi connectivity index (χ0) is 17.8. The van der Waals surface area contributed by atoms with E-state index >= 15 is 0 Å². The Bertz CT molecular complexity index is 704. The number of anilines is 2. The number of likely N-dealkylation sites (N-methyl/N-ethyl adjacent to an activating group) is 1. The van der Waals surface area contributed by atoms with Crippen molar-refractivity contribution in [2.45, 2.75) is 25.3 Å². The Morgan fingerprint density at radius 3 is 2.96 bits per heavy atom. The molecule has 0 saturated carbocycles. The first kappa shape index (κ1) is 17.9.